The van der Waals surface area contributed by atoms with Crippen LogP contribution in [0.5, 0.6) is 0 Å². The van der Waals surface area contributed by atoms with Gasteiger partial charge in [0.1, 0.15) is 0 Å². The zero-order chi connectivity index (χ0) is 32.2. The fraction of sp³-hybridized carbons (Fsp3) is 0.156. The Morgan fingerprint density at radius 3 is 1.91 bits per heavy atom. The van der Waals surface area contributed by atoms with Crippen LogP contribution in [0.1, 0.15) is 36.5 Å². The quantitative estimate of drug-likeness (QED) is 0.127. The van der Waals surface area contributed by atoms with Crippen LogP contribution in [0.3, 0.4) is 0 Å². The third kappa shape index (κ3) is 7.35. The van der Waals surface area contributed by atoms with Crippen LogP contribution in [-0.4, -0.2) is 9.52 Å². The summed E-state index contributed by atoms with van der Waals surface area (Å²) in [6, 6.07) is 50.9. The molecule has 0 atom stereocenters. The molecule has 0 nitrogen and oxygen atoms in total. The van der Waals surface area contributed by atoms with E-state index in [2.05, 4.69) is 180 Å². The van der Waals surface area contributed by atoms with Crippen LogP contribution >= 0.6 is 0 Å². The third-order valence-electron chi connectivity index (χ3n) is 8.83. The van der Waals surface area contributed by atoms with Gasteiger partial charge >= 0.3 is 26.2 Å². The minimum absolute atomic E-state index is 0. The molecule has 0 saturated carbocycles. The first-order chi connectivity index (χ1) is 22.4. The first-order valence-corrected chi connectivity index (χ1v) is 18.3. The van der Waals surface area contributed by atoms with Crippen molar-refractivity contribution in [3.8, 4) is 22.3 Å². The molecule has 0 unspecified atom stereocenters. The van der Waals surface area contributed by atoms with E-state index in [0.29, 0.717) is 5.92 Å². The molecular formula is C45H42SiZr. The van der Waals surface area contributed by atoms with Crippen molar-refractivity contribution >= 4 is 52.6 Å². The number of fused-ring (bicyclic) bond motifs is 4. The normalized spacial score (nSPS) is 10.9. The summed E-state index contributed by atoms with van der Waals surface area (Å²) in [6.45, 7) is 13.2. The second kappa shape index (κ2) is 15.4. The van der Waals surface area contributed by atoms with E-state index in [9.17, 15) is 0 Å². The Balaban J connectivity index is 0.000000167. The molecule has 47 heavy (non-hydrogen) atoms. The molecule has 0 N–H and O–H groups in total. The number of rotatable bonds is 3. The van der Waals surface area contributed by atoms with Crippen molar-refractivity contribution in [2.45, 2.75) is 46.7 Å². The zero-order valence-electron chi connectivity index (χ0n) is 28.4. The van der Waals surface area contributed by atoms with E-state index in [1.807, 2.05) is 0 Å². The predicted octanol–water partition coefficient (Wildman–Crippen LogP) is 13.3. The number of benzene rings is 6. The van der Waals surface area contributed by atoms with Crippen LogP contribution in [0, 0.1) is 13.8 Å². The molecular weight excluding hydrogens is 660 g/mol. The summed E-state index contributed by atoms with van der Waals surface area (Å²) in [7, 11) is 1.08. The number of hydrogen-bond donors (Lipinski definition) is 0. The van der Waals surface area contributed by atoms with Crippen molar-refractivity contribution in [2.24, 2.45) is 0 Å². The Labute approximate surface area is 302 Å². The van der Waals surface area contributed by atoms with E-state index in [1.165, 1.54) is 82.0 Å². The van der Waals surface area contributed by atoms with Crippen molar-refractivity contribution in [2.75, 3.05) is 0 Å². The minimum Gasteiger partial charge on any atom is -0.165 e. The SMILES string of the molecule is CC(C)c1cc2c(-c3cccc4ccccc34)cccc2[cH-]1.C[Si]C.Cc1cc2c(-c3ccc4ccccc4c3)ccc(C)c2[cH-]1.[Zr+2]. The van der Waals surface area contributed by atoms with Gasteiger partial charge in [0.15, 0.2) is 0 Å². The van der Waals surface area contributed by atoms with E-state index in [1.54, 1.807) is 0 Å². The van der Waals surface area contributed by atoms with E-state index in [0.717, 1.165) is 9.52 Å². The molecule has 0 aliphatic heterocycles. The van der Waals surface area contributed by atoms with Gasteiger partial charge in [0.05, 0.1) is 0 Å². The molecule has 0 heterocycles. The maximum absolute atomic E-state index is 2.36. The van der Waals surface area contributed by atoms with Crippen LogP contribution in [0.25, 0.3) is 65.3 Å². The van der Waals surface area contributed by atoms with Gasteiger partial charge in [0, 0.05) is 9.52 Å². The molecule has 8 aromatic rings. The summed E-state index contributed by atoms with van der Waals surface area (Å²) in [4.78, 5) is 0. The summed E-state index contributed by atoms with van der Waals surface area (Å²) >= 11 is 0. The van der Waals surface area contributed by atoms with Crippen LogP contribution in [0.2, 0.25) is 13.1 Å². The molecule has 0 bridgehead atoms. The summed E-state index contributed by atoms with van der Waals surface area (Å²) in [6.07, 6.45) is 0. The largest absolute Gasteiger partial charge is 2.00 e. The molecule has 2 heteroatoms. The van der Waals surface area contributed by atoms with Gasteiger partial charge in [-0.15, -0.1) is 68.6 Å². The van der Waals surface area contributed by atoms with Gasteiger partial charge in [0.2, 0.25) is 0 Å². The first kappa shape index (κ1) is 34.5. The van der Waals surface area contributed by atoms with E-state index in [4.69, 9.17) is 0 Å². The summed E-state index contributed by atoms with van der Waals surface area (Å²) in [5, 5.41) is 10.7. The smallest absolute Gasteiger partial charge is 0.165 e. The van der Waals surface area contributed by atoms with Crippen LogP contribution in [-0.2, 0) is 26.2 Å². The molecule has 0 aromatic heterocycles. The standard InChI is InChI=1S/C22H19.C21H17.C2H6Si.Zr/c1-15(2)18-13-17-9-6-12-21(22(17)14-18)20-11-5-8-16-7-3-4-10-19(16)20;1-14-11-20-15(2)7-10-19(21(20)12-14)18-9-8-16-5-3-4-6-17(16)13-18;1-3-2;/h3-15H,1-2H3;3-13H,1-2H3;1-2H3;/q2*-1;;+2. The van der Waals surface area contributed by atoms with E-state index in [-0.39, 0.29) is 26.2 Å². The van der Waals surface area contributed by atoms with E-state index >= 15 is 0 Å². The Kier molecular flexibility index (Phi) is 11.3. The molecule has 0 fully saturated rings. The summed E-state index contributed by atoms with van der Waals surface area (Å²) in [5.41, 5.74) is 9.39. The molecule has 0 saturated heterocycles. The Bertz CT molecular complexity index is 2260. The van der Waals surface area contributed by atoms with Crippen molar-refractivity contribution in [3.05, 3.63) is 156 Å². The van der Waals surface area contributed by atoms with Gasteiger partial charge in [-0.25, -0.2) is 0 Å². The fourth-order valence-electron chi connectivity index (χ4n) is 6.48. The Morgan fingerprint density at radius 2 is 1.17 bits per heavy atom. The average Bonchev–Trinajstić information content (AvgIpc) is 3.70. The van der Waals surface area contributed by atoms with Gasteiger partial charge in [-0.3, -0.25) is 0 Å². The number of aryl methyl sites for hydroxylation is 2. The monoisotopic (exact) mass is 700 g/mol. The molecule has 0 amide bonds. The molecule has 0 spiro atoms. The third-order valence-corrected chi connectivity index (χ3v) is 8.83. The number of hydrogen-bond acceptors (Lipinski definition) is 0. The molecule has 8 rings (SSSR count). The van der Waals surface area contributed by atoms with Crippen molar-refractivity contribution < 1.29 is 26.2 Å². The average molecular weight is 702 g/mol. The fourth-order valence-corrected chi connectivity index (χ4v) is 6.48. The topological polar surface area (TPSA) is 0 Å². The second-order valence-electron chi connectivity index (χ2n) is 12.6. The predicted molar refractivity (Wildman–Crippen MR) is 206 cm³/mol. The minimum atomic E-state index is 0. The zero-order valence-corrected chi connectivity index (χ0v) is 31.8. The van der Waals surface area contributed by atoms with Gasteiger partial charge < -0.3 is 0 Å². The molecule has 0 aliphatic carbocycles. The first-order valence-electron chi connectivity index (χ1n) is 16.3. The molecule has 8 aromatic carbocycles. The molecule has 2 radical (unpaired) electrons. The van der Waals surface area contributed by atoms with Crippen molar-refractivity contribution in [1.29, 1.82) is 0 Å². The summed E-state index contributed by atoms with van der Waals surface area (Å²) < 4.78 is 0. The van der Waals surface area contributed by atoms with E-state index < -0.39 is 0 Å². The maximum atomic E-state index is 2.36. The van der Waals surface area contributed by atoms with Crippen LogP contribution in [0.15, 0.2) is 140 Å². The van der Waals surface area contributed by atoms with Gasteiger partial charge in [-0.05, 0) is 44.7 Å². The maximum Gasteiger partial charge on any atom is 2.00 e. The Hall–Kier alpha value is -3.84. The van der Waals surface area contributed by atoms with Crippen LogP contribution < -0.4 is 0 Å². The Morgan fingerprint density at radius 1 is 0.532 bits per heavy atom. The van der Waals surface area contributed by atoms with Crippen molar-refractivity contribution in [1.82, 2.24) is 0 Å². The van der Waals surface area contributed by atoms with Gasteiger partial charge in [-0.1, -0.05) is 143 Å². The molecule has 0 aliphatic rings. The van der Waals surface area contributed by atoms with Gasteiger partial charge in [-0.2, -0.15) is 12.1 Å². The van der Waals surface area contributed by atoms with Crippen molar-refractivity contribution in [3.63, 3.8) is 0 Å². The summed E-state index contributed by atoms with van der Waals surface area (Å²) in [5.74, 6) is 0.563. The second-order valence-corrected chi connectivity index (χ2v) is 13.6. The van der Waals surface area contributed by atoms with Crippen LogP contribution in [0.4, 0.5) is 0 Å². The molecule has 230 valence electrons. The van der Waals surface area contributed by atoms with Gasteiger partial charge in [0.25, 0.3) is 0 Å².